The van der Waals surface area contributed by atoms with Crippen molar-refractivity contribution in [2.75, 3.05) is 39.3 Å². The van der Waals surface area contributed by atoms with Crippen molar-refractivity contribution in [1.29, 1.82) is 0 Å². The van der Waals surface area contributed by atoms with Crippen LogP contribution in [0.5, 0.6) is 5.75 Å². The molecule has 2 unspecified atom stereocenters. The lowest BCUT2D eigenvalue weighted by Gasteiger charge is -2.26. The zero-order chi connectivity index (χ0) is 24.2. The number of nitrogens with one attached hydrogen (secondary N) is 2. The molecular weight excluding hydrogens is 439 g/mol. The minimum atomic E-state index is -0.891. The molecule has 2 aromatic carbocycles. The van der Waals surface area contributed by atoms with Gasteiger partial charge in [-0.3, -0.25) is 25.6 Å². The Kier molecular flexibility index (Phi) is 10.7. The number of nitrogens with zero attached hydrogens (tertiary/aromatic N) is 2. The molecule has 9 heteroatoms. The Hall–Kier alpha value is -2.59. The summed E-state index contributed by atoms with van der Waals surface area (Å²) in [4.78, 5) is 13.1. The molecule has 2 aromatic rings. The molecule has 186 valence electrons. The number of aliphatic hydroxyl groups is 1. The van der Waals surface area contributed by atoms with Crippen molar-refractivity contribution < 1.29 is 19.2 Å². The molecule has 0 aromatic heterocycles. The Morgan fingerprint density at radius 2 is 1.88 bits per heavy atom. The molecule has 1 heterocycles. The summed E-state index contributed by atoms with van der Waals surface area (Å²) in [6.45, 7) is 4.03. The van der Waals surface area contributed by atoms with E-state index in [1.165, 1.54) is 49.1 Å². The molecule has 0 bridgehead atoms. The quantitative estimate of drug-likeness (QED) is 0.167. The maximum absolute atomic E-state index is 13.0. The number of hydrogen-bond acceptors (Lipinski definition) is 7. The van der Waals surface area contributed by atoms with E-state index in [4.69, 9.17) is 4.74 Å². The number of aliphatic hydroxyl groups excluding tert-OH is 1. The van der Waals surface area contributed by atoms with E-state index < -0.39 is 17.2 Å². The van der Waals surface area contributed by atoms with Crippen molar-refractivity contribution in [2.45, 2.75) is 44.5 Å². The van der Waals surface area contributed by atoms with Crippen LogP contribution in [0.2, 0.25) is 0 Å². The number of hydrogen-bond donors (Lipinski definition) is 3. The van der Waals surface area contributed by atoms with Crippen LogP contribution in [0.15, 0.2) is 48.5 Å². The lowest BCUT2D eigenvalue weighted by molar-refractivity contribution is -0.484. The Balaban J connectivity index is 1.37. The highest BCUT2D eigenvalue weighted by Gasteiger charge is 2.17. The van der Waals surface area contributed by atoms with E-state index in [1.807, 2.05) is 12.1 Å². The number of benzene rings is 2. The van der Waals surface area contributed by atoms with Crippen molar-refractivity contribution in [2.24, 2.45) is 0 Å². The summed E-state index contributed by atoms with van der Waals surface area (Å²) < 4.78 is 18.9. The van der Waals surface area contributed by atoms with Crippen molar-refractivity contribution in [3.63, 3.8) is 0 Å². The van der Waals surface area contributed by atoms with Crippen LogP contribution in [0, 0.1) is 15.9 Å². The lowest BCUT2D eigenvalue weighted by Crippen LogP contribution is -2.48. The number of nitro groups is 1. The predicted octanol–water partition coefficient (Wildman–Crippen LogP) is 3.10. The monoisotopic (exact) mass is 474 g/mol. The SMILES string of the molecule is O=[N+]([O-])CC(NCCCOc1cccc(CN2CCCCC2)c1)NCC(O)c1ccc(F)cc1. The molecule has 0 saturated carbocycles. The molecule has 3 N–H and O–H groups in total. The third kappa shape index (κ3) is 9.34. The zero-order valence-electron chi connectivity index (χ0n) is 19.5. The molecule has 1 aliphatic rings. The van der Waals surface area contributed by atoms with Gasteiger partial charge in [0, 0.05) is 24.6 Å². The van der Waals surface area contributed by atoms with Gasteiger partial charge in [-0.2, -0.15) is 0 Å². The first-order valence-corrected chi connectivity index (χ1v) is 12.0. The maximum Gasteiger partial charge on any atom is 0.231 e. The first kappa shape index (κ1) is 26.0. The van der Waals surface area contributed by atoms with Crippen LogP contribution in [0.1, 0.15) is 42.9 Å². The second kappa shape index (κ2) is 14.0. The number of likely N-dealkylation sites (tertiary alicyclic amines) is 1. The molecule has 34 heavy (non-hydrogen) atoms. The van der Waals surface area contributed by atoms with Crippen molar-refractivity contribution >= 4 is 0 Å². The second-order valence-electron chi connectivity index (χ2n) is 8.68. The van der Waals surface area contributed by atoms with Gasteiger partial charge >= 0.3 is 0 Å². The molecular formula is C25H35FN4O4. The van der Waals surface area contributed by atoms with E-state index in [9.17, 15) is 19.6 Å². The summed E-state index contributed by atoms with van der Waals surface area (Å²) in [6.07, 6.45) is 3.03. The summed E-state index contributed by atoms with van der Waals surface area (Å²) in [5, 5.41) is 27.3. The average Bonchev–Trinajstić information content (AvgIpc) is 2.83. The third-order valence-electron chi connectivity index (χ3n) is 5.88. The van der Waals surface area contributed by atoms with Crippen LogP contribution >= 0.6 is 0 Å². The minimum absolute atomic E-state index is 0.109. The Morgan fingerprint density at radius 3 is 2.62 bits per heavy atom. The fraction of sp³-hybridized carbons (Fsp3) is 0.520. The molecule has 8 nitrogen and oxygen atoms in total. The van der Waals surface area contributed by atoms with Crippen LogP contribution in [0.4, 0.5) is 4.39 Å². The third-order valence-corrected chi connectivity index (χ3v) is 5.88. The van der Waals surface area contributed by atoms with Crippen LogP contribution in [0.3, 0.4) is 0 Å². The number of ether oxygens (including phenoxy) is 1. The fourth-order valence-electron chi connectivity index (χ4n) is 4.05. The van der Waals surface area contributed by atoms with Gasteiger partial charge in [0.05, 0.1) is 12.7 Å². The van der Waals surface area contributed by atoms with Gasteiger partial charge < -0.3 is 9.84 Å². The normalized spacial score (nSPS) is 16.2. The molecule has 0 amide bonds. The molecule has 0 aliphatic carbocycles. The van der Waals surface area contributed by atoms with Crippen molar-refractivity contribution in [1.82, 2.24) is 15.5 Å². The van der Waals surface area contributed by atoms with Crippen molar-refractivity contribution in [3.05, 3.63) is 75.6 Å². The molecule has 3 rings (SSSR count). The van der Waals surface area contributed by atoms with Gasteiger partial charge in [0.1, 0.15) is 17.7 Å². The summed E-state index contributed by atoms with van der Waals surface area (Å²) in [7, 11) is 0. The highest BCUT2D eigenvalue weighted by molar-refractivity contribution is 5.28. The van der Waals surface area contributed by atoms with E-state index in [-0.39, 0.29) is 18.9 Å². The molecule has 1 saturated heterocycles. The number of halogens is 1. The fourth-order valence-corrected chi connectivity index (χ4v) is 4.05. The number of piperidine rings is 1. The van der Waals surface area contributed by atoms with Gasteiger partial charge in [0.25, 0.3) is 0 Å². The average molecular weight is 475 g/mol. The maximum atomic E-state index is 13.0. The smallest absolute Gasteiger partial charge is 0.231 e. The Morgan fingerprint density at radius 1 is 1.12 bits per heavy atom. The topological polar surface area (TPSA) is 99.9 Å². The second-order valence-corrected chi connectivity index (χ2v) is 8.68. The van der Waals surface area contributed by atoms with E-state index >= 15 is 0 Å². The highest BCUT2D eigenvalue weighted by atomic mass is 19.1. The summed E-state index contributed by atoms with van der Waals surface area (Å²) in [5.74, 6) is 0.449. The molecule has 0 radical (unpaired) electrons. The Bertz CT molecular complexity index is 877. The summed E-state index contributed by atoms with van der Waals surface area (Å²) >= 11 is 0. The molecule has 1 aliphatic heterocycles. The van der Waals surface area contributed by atoms with Gasteiger partial charge in [-0.25, -0.2) is 4.39 Å². The standard InChI is InChI=1S/C25H35FN4O4/c26-22-10-8-21(9-11-22)24(31)17-28-25(19-30(32)33)27-12-5-15-34-23-7-4-6-20(16-23)18-29-13-2-1-3-14-29/h4,6-11,16,24-25,27-28,31H,1-3,5,12-15,17-19H2. The number of rotatable bonds is 14. The van der Waals surface area contributed by atoms with E-state index in [0.717, 1.165) is 25.4 Å². The van der Waals surface area contributed by atoms with E-state index in [1.54, 1.807) is 0 Å². The van der Waals surface area contributed by atoms with Crippen LogP contribution < -0.4 is 15.4 Å². The molecule has 0 spiro atoms. The van der Waals surface area contributed by atoms with Gasteiger partial charge in [-0.05, 0) is 67.7 Å². The van der Waals surface area contributed by atoms with Crippen LogP contribution in [-0.2, 0) is 6.54 Å². The largest absolute Gasteiger partial charge is 0.494 e. The summed E-state index contributed by atoms with van der Waals surface area (Å²) in [6, 6.07) is 13.7. The minimum Gasteiger partial charge on any atom is -0.494 e. The Labute approximate surface area is 200 Å². The van der Waals surface area contributed by atoms with E-state index in [0.29, 0.717) is 25.1 Å². The molecule has 1 fully saturated rings. The van der Waals surface area contributed by atoms with E-state index in [2.05, 4.69) is 27.7 Å². The zero-order valence-corrected chi connectivity index (χ0v) is 19.5. The first-order valence-electron chi connectivity index (χ1n) is 12.0. The van der Waals surface area contributed by atoms with Crippen molar-refractivity contribution in [3.8, 4) is 5.75 Å². The highest BCUT2D eigenvalue weighted by Crippen LogP contribution is 2.18. The van der Waals surface area contributed by atoms with Gasteiger partial charge in [-0.15, -0.1) is 0 Å². The van der Waals surface area contributed by atoms with Gasteiger partial charge in [-0.1, -0.05) is 30.7 Å². The van der Waals surface area contributed by atoms with Crippen LogP contribution in [0.25, 0.3) is 0 Å². The summed E-state index contributed by atoms with van der Waals surface area (Å²) in [5.41, 5.74) is 1.79. The van der Waals surface area contributed by atoms with Crippen LogP contribution in [-0.4, -0.2) is 60.4 Å². The van der Waals surface area contributed by atoms with Gasteiger partial charge in [0.2, 0.25) is 6.54 Å². The predicted molar refractivity (Wildman–Crippen MR) is 129 cm³/mol. The van der Waals surface area contributed by atoms with Gasteiger partial charge in [0.15, 0.2) is 0 Å². The molecule has 2 atom stereocenters. The lowest BCUT2D eigenvalue weighted by atomic mass is 10.1. The first-order chi connectivity index (χ1) is 16.5.